The highest BCUT2D eigenvalue weighted by atomic mass is 35.5. The van der Waals surface area contributed by atoms with Gasteiger partial charge in [0.25, 0.3) is 0 Å². The van der Waals surface area contributed by atoms with Gasteiger partial charge in [-0.05, 0) is 0 Å². The molecular weight excluding hydrogens is 146 g/mol. The Morgan fingerprint density at radius 1 is 1.20 bits per heavy atom. The molecule has 0 aromatic carbocycles. The van der Waals surface area contributed by atoms with Crippen molar-refractivity contribution in [3.63, 3.8) is 0 Å². The smallest absolute Gasteiger partial charge is 0.0770 e. The largest absolute Gasteiger partial charge is 0.288 e. The minimum atomic E-state index is 0.103. The summed E-state index contributed by atoms with van der Waals surface area (Å²) >= 11 is 5.95. The average molecular weight is 154 g/mol. The summed E-state index contributed by atoms with van der Waals surface area (Å²) in [5.74, 6) is 0.409. The van der Waals surface area contributed by atoms with Crippen molar-refractivity contribution in [3.8, 4) is 0 Å². The Kier molecular flexibility index (Phi) is 1.38. The number of nitrogens with zero attached hydrogens (tertiary/aromatic N) is 1. The summed E-state index contributed by atoms with van der Waals surface area (Å²) < 4.78 is 0. The van der Waals surface area contributed by atoms with Crippen molar-refractivity contribution in [3.05, 3.63) is 24.3 Å². The lowest BCUT2D eigenvalue weighted by Gasteiger charge is -2.15. The zero-order chi connectivity index (χ0) is 6.97. The van der Waals surface area contributed by atoms with E-state index in [0.717, 1.165) is 0 Å². The van der Waals surface area contributed by atoms with E-state index in [9.17, 15) is 0 Å². The molecule has 3 atom stereocenters. The number of alkyl halides is 1. The van der Waals surface area contributed by atoms with Crippen molar-refractivity contribution in [2.45, 2.75) is 11.4 Å². The average Bonchev–Trinajstić information content (AvgIpc) is 2.34. The van der Waals surface area contributed by atoms with Gasteiger partial charge in [0.1, 0.15) is 0 Å². The number of allylic oxidation sites excluding steroid dienone is 2. The summed E-state index contributed by atoms with van der Waals surface area (Å²) in [6.07, 6.45) is 10.1. The van der Waals surface area contributed by atoms with Crippen LogP contribution in [0.25, 0.3) is 0 Å². The monoisotopic (exact) mass is 153 g/mol. The predicted molar refractivity (Wildman–Crippen MR) is 43.7 cm³/mol. The molecule has 0 fully saturated rings. The van der Waals surface area contributed by atoms with Crippen molar-refractivity contribution in [2.75, 3.05) is 0 Å². The molecule has 10 heavy (non-hydrogen) atoms. The van der Waals surface area contributed by atoms with E-state index in [2.05, 4.69) is 17.1 Å². The summed E-state index contributed by atoms with van der Waals surface area (Å²) in [5, 5.41) is 0.103. The van der Waals surface area contributed by atoms with Gasteiger partial charge in [0.05, 0.1) is 11.4 Å². The minimum absolute atomic E-state index is 0.103. The molecular formula is C8H8ClN. The van der Waals surface area contributed by atoms with Gasteiger partial charge in [-0.15, -0.1) is 11.6 Å². The van der Waals surface area contributed by atoms with Gasteiger partial charge in [0.2, 0.25) is 0 Å². The molecule has 1 nitrogen and oxygen atoms in total. The zero-order valence-corrected chi connectivity index (χ0v) is 6.20. The van der Waals surface area contributed by atoms with Gasteiger partial charge in [-0.1, -0.05) is 24.3 Å². The van der Waals surface area contributed by atoms with E-state index in [0.29, 0.717) is 12.0 Å². The van der Waals surface area contributed by atoms with E-state index in [-0.39, 0.29) is 5.38 Å². The fraction of sp³-hybridized carbons (Fsp3) is 0.375. The Labute approximate surface area is 65.1 Å². The topological polar surface area (TPSA) is 12.4 Å². The Morgan fingerprint density at radius 2 is 2.00 bits per heavy atom. The maximum atomic E-state index is 5.95. The highest BCUT2D eigenvalue weighted by Gasteiger charge is 2.28. The molecule has 0 radical (unpaired) electrons. The van der Waals surface area contributed by atoms with Crippen molar-refractivity contribution in [1.29, 1.82) is 0 Å². The highest BCUT2D eigenvalue weighted by Crippen LogP contribution is 2.26. The summed E-state index contributed by atoms with van der Waals surface area (Å²) in [5.41, 5.74) is 0. The molecule has 0 saturated carbocycles. The maximum Gasteiger partial charge on any atom is 0.0770 e. The van der Waals surface area contributed by atoms with Crippen molar-refractivity contribution in [1.82, 2.24) is 0 Å². The second kappa shape index (κ2) is 2.24. The molecule has 52 valence electrons. The van der Waals surface area contributed by atoms with Crippen LogP contribution in [0.2, 0.25) is 0 Å². The van der Waals surface area contributed by atoms with Crippen molar-refractivity contribution in [2.24, 2.45) is 10.9 Å². The lowest BCUT2D eigenvalue weighted by atomic mass is 9.95. The normalized spacial score (nSPS) is 42.3. The molecule has 3 unspecified atom stereocenters. The van der Waals surface area contributed by atoms with Gasteiger partial charge < -0.3 is 0 Å². The van der Waals surface area contributed by atoms with Crippen LogP contribution in [0, 0.1) is 5.92 Å². The predicted octanol–water partition coefficient (Wildman–Crippen LogP) is 1.79. The fourth-order valence-corrected chi connectivity index (χ4v) is 1.64. The molecule has 0 aromatic rings. The van der Waals surface area contributed by atoms with Gasteiger partial charge in [-0.2, -0.15) is 0 Å². The number of aliphatic imine (C=N–C) groups is 1. The van der Waals surface area contributed by atoms with Crippen molar-refractivity contribution >= 4 is 17.8 Å². The molecule has 2 heteroatoms. The van der Waals surface area contributed by atoms with E-state index >= 15 is 0 Å². The molecule has 0 saturated heterocycles. The van der Waals surface area contributed by atoms with Crippen LogP contribution in [0.3, 0.4) is 0 Å². The molecule has 0 N–H and O–H groups in total. The number of fused-ring (bicyclic) bond motifs is 1. The van der Waals surface area contributed by atoms with Crippen LogP contribution in [-0.2, 0) is 0 Å². The number of hydrogen-bond donors (Lipinski definition) is 0. The molecule has 1 aliphatic carbocycles. The molecule has 0 amide bonds. The Bertz CT molecular complexity index is 217. The molecule has 0 aromatic heterocycles. The molecule has 0 spiro atoms. The Hall–Kier alpha value is -0.560. The number of hydrogen-bond acceptors (Lipinski definition) is 1. The Balaban J connectivity index is 2.26. The molecule has 1 heterocycles. The molecule has 1 aliphatic heterocycles. The first-order chi connectivity index (χ1) is 4.88. The summed E-state index contributed by atoms with van der Waals surface area (Å²) in [6, 6.07) is 0.312. The molecule has 2 aliphatic rings. The SMILES string of the molecule is ClC1C=NC2C=CC=CC12. The number of halogens is 1. The molecule has 0 bridgehead atoms. The summed E-state index contributed by atoms with van der Waals surface area (Å²) in [6.45, 7) is 0. The third kappa shape index (κ3) is 0.816. The van der Waals surface area contributed by atoms with E-state index in [1.54, 1.807) is 0 Å². The van der Waals surface area contributed by atoms with Gasteiger partial charge in [-0.3, -0.25) is 4.99 Å². The minimum Gasteiger partial charge on any atom is -0.288 e. The second-order valence-corrected chi connectivity index (χ2v) is 3.08. The van der Waals surface area contributed by atoms with Crippen LogP contribution in [0.4, 0.5) is 0 Å². The molecule has 2 rings (SSSR count). The second-order valence-electron chi connectivity index (χ2n) is 2.58. The lowest BCUT2D eigenvalue weighted by molar-refractivity contribution is 0.642. The van der Waals surface area contributed by atoms with Crippen LogP contribution in [-0.4, -0.2) is 17.6 Å². The van der Waals surface area contributed by atoms with E-state index in [1.165, 1.54) is 0 Å². The third-order valence-electron chi connectivity index (χ3n) is 1.92. The van der Waals surface area contributed by atoms with Gasteiger partial charge in [0, 0.05) is 12.1 Å². The first-order valence-electron chi connectivity index (χ1n) is 3.40. The summed E-state index contributed by atoms with van der Waals surface area (Å²) in [7, 11) is 0. The standard InChI is InChI=1S/C8H8ClN/c9-7-5-10-8-4-2-1-3-6(7)8/h1-8H. The van der Waals surface area contributed by atoms with Gasteiger partial charge >= 0.3 is 0 Å². The van der Waals surface area contributed by atoms with Crippen molar-refractivity contribution < 1.29 is 0 Å². The summed E-state index contributed by atoms with van der Waals surface area (Å²) in [4.78, 5) is 4.24. The van der Waals surface area contributed by atoms with E-state index in [4.69, 9.17) is 11.6 Å². The van der Waals surface area contributed by atoms with Crippen LogP contribution >= 0.6 is 11.6 Å². The van der Waals surface area contributed by atoms with Gasteiger partial charge in [0.15, 0.2) is 0 Å². The number of rotatable bonds is 0. The third-order valence-corrected chi connectivity index (χ3v) is 2.32. The highest BCUT2D eigenvalue weighted by molar-refractivity contribution is 6.29. The first-order valence-corrected chi connectivity index (χ1v) is 3.84. The van der Waals surface area contributed by atoms with Crippen LogP contribution in [0.15, 0.2) is 29.3 Å². The van der Waals surface area contributed by atoms with Crippen LogP contribution < -0.4 is 0 Å². The lowest BCUT2D eigenvalue weighted by Crippen LogP contribution is -2.18. The van der Waals surface area contributed by atoms with E-state index in [1.807, 2.05) is 18.4 Å². The quantitative estimate of drug-likeness (QED) is 0.471. The first kappa shape index (κ1) is 6.17. The van der Waals surface area contributed by atoms with E-state index < -0.39 is 0 Å². The van der Waals surface area contributed by atoms with Crippen LogP contribution in [0.1, 0.15) is 0 Å². The Morgan fingerprint density at radius 3 is 2.80 bits per heavy atom. The maximum absolute atomic E-state index is 5.95. The zero-order valence-electron chi connectivity index (χ0n) is 5.44. The van der Waals surface area contributed by atoms with Crippen LogP contribution in [0.5, 0.6) is 0 Å². The van der Waals surface area contributed by atoms with Gasteiger partial charge in [-0.25, -0.2) is 0 Å². The fourth-order valence-electron chi connectivity index (χ4n) is 1.34.